The van der Waals surface area contributed by atoms with E-state index in [2.05, 4.69) is 162 Å². The third-order valence-corrected chi connectivity index (χ3v) is 10.6. The Kier molecular flexibility index (Phi) is 6.46. The average molecular weight is 681 g/mol. The lowest BCUT2D eigenvalue weighted by molar-refractivity contribution is 0.672. The molecule has 7 aromatic carbocycles. The fraction of sp³-hybridized carbons (Fsp3) is 0.0417. The second-order valence-electron chi connectivity index (χ2n) is 13.7. The maximum atomic E-state index is 6.61. The van der Waals surface area contributed by atoms with Crippen molar-refractivity contribution in [2.75, 3.05) is 0 Å². The molecular formula is C48H32N4O. The summed E-state index contributed by atoms with van der Waals surface area (Å²) in [7, 11) is 0. The van der Waals surface area contributed by atoms with Gasteiger partial charge in [-0.05, 0) is 83.9 Å². The van der Waals surface area contributed by atoms with Crippen LogP contribution in [0.15, 0.2) is 168 Å². The fourth-order valence-electron chi connectivity index (χ4n) is 8.27. The molecule has 0 saturated carbocycles. The summed E-state index contributed by atoms with van der Waals surface area (Å²) >= 11 is 0. The van der Waals surface area contributed by atoms with Gasteiger partial charge in [-0.15, -0.1) is 0 Å². The molecule has 0 aliphatic rings. The van der Waals surface area contributed by atoms with Gasteiger partial charge >= 0.3 is 0 Å². The zero-order valence-corrected chi connectivity index (χ0v) is 29.0. The number of fused-ring (bicyclic) bond motifs is 9. The Balaban J connectivity index is 1.19. The van der Waals surface area contributed by atoms with E-state index in [-0.39, 0.29) is 0 Å². The first-order valence-corrected chi connectivity index (χ1v) is 18.1. The first-order valence-electron chi connectivity index (χ1n) is 18.1. The van der Waals surface area contributed by atoms with Crippen LogP contribution in [0.3, 0.4) is 0 Å². The van der Waals surface area contributed by atoms with Crippen LogP contribution in [0.25, 0.3) is 99.4 Å². The number of benzene rings is 7. The predicted molar refractivity (Wildman–Crippen MR) is 218 cm³/mol. The van der Waals surface area contributed by atoms with Gasteiger partial charge in [-0.3, -0.25) is 4.57 Å². The van der Waals surface area contributed by atoms with Crippen LogP contribution >= 0.6 is 0 Å². The van der Waals surface area contributed by atoms with E-state index in [1.165, 1.54) is 10.8 Å². The lowest BCUT2D eigenvalue weighted by Crippen LogP contribution is -2.00. The predicted octanol–water partition coefficient (Wildman–Crippen LogP) is 12.5. The van der Waals surface area contributed by atoms with Gasteiger partial charge < -0.3 is 8.98 Å². The zero-order chi connectivity index (χ0) is 35.0. The summed E-state index contributed by atoms with van der Waals surface area (Å²) in [6, 6.07) is 58.1. The number of rotatable bonds is 5. The molecule has 0 fully saturated rings. The first kappa shape index (κ1) is 29.7. The fourth-order valence-corrected chi connectivity index (χ4v) is 8.27. The third kappa shape index (κ3) is 4.50. The van der Waals surface area contributed by atoms with Gasteiger partial charge in [0, 0.05) is 44.9 Å². The molecule has 0 aliphatic carbocycles. The zero-order valence-electron chi connectivity index (χ0n) is 29.0. The van der Waals surface area contributed by atoms with Crippen LogP contribution in [0, 0.1) is 0 Å². The van der Waals surface area contributed by atoms with Crippen molar-refractivity contribution in [3.63, 3.8) is 0 Å². The normalized spacial score (nSPS) is 11.9. The van der Waals surface area contributed by atoms with Crippen LogP contribution in [0.2, 0.25) is 0 Å². The Morgan fingerprint density at radius 3 is 1.81 bits per heavy atom. The first-order chi connectivity index (χ1) is 26.2. The maximum Gasteiger partial charge on any atom is 0.147 e. The number of furan rings is 1. The Morgan fingerprint density at radius 2 is 1.08 bits per heavy atom. The Labute approximate surface area is 305 Å². The van der Waals surface area contributed by atoms with E-state index in [9.17, 15) is 0 Å². The number of aryl methyl sites for hydroxylation is 1. The van der Waals surface area contributed by atoms with Crippen LogP contribution < -0.4 is 0 Å². The van der Waals surface area contributed by atoms with Gasteiger partial charge in [0.25, 0.3) is 0 Å². The summed E-state index contributed by atoms with van der Waals surface area (Å²) in [4.78, 5) is 10.3. The summed E-state index contributed by atoms with van der Waals surface area (Å²) < 4.78 is 11.3. The second-order valence-corrected chi connectivity index (χ2v) is 13.7. The third-order valence-electron chi connectivity index (χ3n) is 10.6. The minimum absolute atomic E-state index is 0.844. The number of para-hydroxylation sites is 6. The highest BCUT2D eigenvalue weighted by Crippen LogP contribution is 2.42. The molecule has 0 amide bonds. The van der Waals surface area contributed by atoms with Gasteiger partial charge in [-0.25, -0.2) is 9.97 Å². The van der Waals surface area contributed by atoms with Crippen molar-refractivity contribution in [3.8, 4) is 33.8 Å². The molecule has 4 heterocycles. The molecule has 11 rings (SSSR count). The number of hydrogen-bond acceptors (Lipinski definition) is 3. The average Bonchev–Trinajstić information content (AvgIpc) is 3.91. The highest BCUT2D eigenvalue weighted by molar-refractivity contribution is 6.19. The topological polar surface area (TPSA) is 48.8 Å². The Morgan fingerprint density at radius 1 is 0.472 bits per heavy atom. The molecule has 0 N–H and O–H groups in total. The van der Waals surface area contributed by atoms with Crippen LogP contribution in [0.4, 0.5) is 0 Å². The number of hydrogen-bond donors (Lipinski definition) is 0. The number of aromatic nitrogens is 4. The molecule has 250 valence electrons. The van der Waals surface area contributed by atoms with E-state index in [0.29, 0.717) is 0 Å². The quantitative estimate of drug-likeness (QED) is 0.182. The van der Waals surface area contributed by atoms with Crippen LogP contribution in [-0.4, -0.2) is 19.1 Å². The van der Waals surface area contributed by atoms with E-state index in [1.807, 2.05) is 18.2 Å². The van der Waals surface area contributed by atoms with Crippen LogP contribution in [-0.2, 0) is 6.42 Å². The maximum absolute atomic E-state index is 6.61. The minimum Gasteiger partial charge on any atom is -0.455 e. The molecule has 0 unspecified atom stereocenters. The van der Waals surface area contributed by atoms with Gasteiger partial charge in [0.05, 0.1) is 38.7 Å². The molecule has 11 aromatic rings. The standard InChI is InChI=1S/C48H32N4O/c1-2-45-49-40-18-8-11-21-43(40)52(45)33-25-23-30(24-26-33)31-27-32(29-34(28-31)51-41-19-9-4-13-35(41)36-14-5-10-20-42(36)51)47-46-38-16-6-12-22-44(38)53-48(46)37-15-3-7-17-39(37)50-47/h3-29H,2H2,1H3. The monoisotopic (exact) mass is 680 g/mol. The minimum atomic E-state index is 0.844. The molecule has 0 bridgehead atoms. The summed E-state index contributed by atoms with van der Waals surface area (Å²) in [5.74, 6) is 1.05. The number of nitrogens with zero attached hydrogens (tertiary/aromatic N) is 4. The molecule has 0 saturated heterocycles. The second kappa shape index (κ2) is 11.5. The van der Waals surface area contributed by atoms with E-state index in [0.717, 1.165) is 101 Å². The highest BCUT2D eigenvalue weighted by Gasteiger charge is 2.20. The summed E-state index contributed by atoms with van der Waals surface area (Å²) in [6.45, 7) is 2.16. The van der Waals surface area contributed by atoms with Gasteiger partial charge in [-0.1, -0.05) is 97.9 Å². The molecule has 53 heavy (non-hydrogen) atoms. The largest absolute Gasteiger partial charge is 0.455 e. The van der Waals surface area contributed by atoms with Crippen molar-refractivity contribution in [1.29, 1.82) is 0 Å². The lowest BCUT2D eigenvalue weighted by atomic mass is 9.97. The van der Waals surface area contributed by atoms with E-state index in [1.54, 1.807) is 0 Å². The summed E-state index contributed by atoms with van der Waals surface area (Å²) in [5, 5.41) is 5.55. The van der Waals surface area contributed by atoms with Gasteiger partial charge in [0.1, 0.15) is 17.0 Å². The molecule has 0 aliphatic heterocycles. The Hall–Kier alpha value is -6.98. The smallest absolute Gasteiger partial charge is 0.147 e. The van der Waals surface area contributed by atoms with Gasteiger partial charge in [0.2, 0.25) is 0 Å². The number of imidazole rings is 1. The number of pyridine rings is 1. The SMILES string of the molecule is CCc1nc2ccccc2n1-c1ccc(-c2cc(-c3nc4ccccc4c4oc5ccccc5c34)cc(-n3c4ccccc4c4ccccc43)c2)cc1. The van der Waals surface area contributed by atoms with Gasteiger partial charge in [-0.2, -0.15) is 0 Å². The lowest BCUT2D eigenvalue weighted by Gasteiger charge is -2.15. The molecule has 0 radical (unpaired) electrons. The molecule has 5 nitrogen and oxygen atoms in total. The van der Waals surface area contributed by atoms with Crippen molar-refractivity contribution < 1.29 is 4.42 Å². The molecular weight excluding hydrogens is 649 g/mol. The van der Waals surface area contributed by atoms with Crippen molar-refractivity contribution in [3.05, 3.63) is 170 Å². The van der Waals surface area contributed by atoms with Crippen molar-refractivity contribution in [2.24, 2.45) is 0 Å². The van der Waals surface area contributed by atoms with E-state index in [4.69, 9.17) is 14.4 Å². The molecule has 4 aromatic heterocycles. The van der Waals surface area contributed by atoms with Crippen molar-refractivity contribution >= 4 is 65.7 Å². The van der Waals surface area contributed by atoms with Crippen LogP contribution in [0.1, 0.15) is 12.7 Å². The van der Waals surface area contributed by atoms with E-state index >= 15 is 0 Å². The summed E-state index contributed by atoms with van der Waals surface area (Å²) in [5.41, 5.74) is 13.4. The molecule has 0 atom stereocenters. The highest BCUT2D eigenvalue weighted by atomic mass is 16.3. The Bertz CT molecular complexity index is 3160. The van der Waals surface area contributed by atoms with Crippen molar-refractivity contribution in [2.45, 2.75) is 13.3 Å². The van der Waals surface area contributed by atoms with Crippen molar-refractivity contribution in [1.82, 2.24) is 19.1 Å². The molecule has 0 spiro atoms. The van der Waals surface area contributed by atoms with E-state index < -0.39 is 0 Å². The van der Waals surface area contributed by atoms with Crippen LogP contribution in [0.5, 0.6) is 0 Å². The van der Waals surface area contributed by atoms with Gasteiger partial charge in [0.15, 0.2) is 0 Å². The molecule has 5 heteroatoms. The summed E-state index contributed by atoms with van der Waals surface area (Å²) in [6.07, 6.45) is 0.844.